The highest BCUT2D eigenvalue weighted by molar-refractivity contribution is 6.54. The number of carbonyl (C=O) groups is 1. The zero-order chi connectivity index (χ0) is 22.0. The van der Waals surface area contributed by atoms with Gasteiger partial charge in [-0.1, -0.05) is 18.2 Å². The molecule has 1 aliphatic rings. The number of nitrogens with zero attached hydrogens (tertiary/aromatic N) is 3. The molecular formula is C22H21N5O4. The number of ether oxygens (including phenoxy) is 3. The molecule has 158 valence electrons. The first-order chi connectivity index (χ1) is 15.0. The molecule has 9 heteroatoms. The molecule has 3 aromatic rings. The van der Waals surface area contributed by atoms with Crippen molar-refractivity contribution in [1.82, 2.24) is 9.97 Å². The van der Waals surface area contributed by atoms with Gasteiger partial charge in [-0.25, -0.2) is 9.98 Å². The van der Waals surface area contributed by atoms with Crippen LogP contribution in [0.25, 0.3) is 0 Å². The first-order valence-electron chi connectivity index (χ1n) is 9.43. The van der Waals surface area contributed by atoms with Gasteiger partial charge in [-0.15, -0.1) is 0 Å². The van der Waals surface area contributed by atoms with Crippen molar-refractivity contribution in [1.29, 1.82) is 0 Å². The van der Waals surface area contributed by atoms with E-state index in [1.165, 1.54) is 0 Å². The zero-order valence-corrected chi connectivity index (χ0v) is 17.3. The van der Waals surface area contributed by atoms with Crippen molar-refractivity contribution in [3.05, 3.63) is 59.3 Å². The Labute approximate surface area is 178 Å². The van der Waals surface area contributed by atoms with Gasteiger partial charge in [0, 0.05) is 23.7 Å². The molecule has 31 heavy (non-hydrogen) atoms. The summed E-state index contributed by atoms with van der Waals surface area (Å²) in [6.45, 7) is 0. The fourth-order valence-electron chi connectivity index (χ4n) is 3.37. The van der Waals surface area contributed by atoms with Crippen LogP contribution in [0.15, 0.2) is 47.6 Å². The summed E-state index contributed by atoms with van der Waals surface area (Å²) in [4.78, 5) is 25.1. The predicted molar refractivity (Wildman–Crippen MR) is 117 cm³/mol. The van der Waals surface area contributed by atoms with E-state index in [-0.39, 0.29) is 23.4 Å². The number of nitrogens with one attached hydrogen (secondary N) is 1. The number of aromatic nitrogens is 2. The molecule has 0 spiro atoms. The van der Waals surface area contributed by atoms with Gasteiger partial charge in [0.25, 0.3) is 11.9 Å². The van der Waals surface area contributed by atoms with Gasteiger partial charge < -0.3 is 25.3 Å². The number of benzene rings is 2. The highest BCUT2D eigenvalue weighted by Gasteiger charge is 2.25. The second-order valence-electron chi connectivity index (χ2n) is 6.75. The Hall–Kier alpha value is -4.14. The van der Waals surface area contributed by atoms with Gasteiger partial charge in [0.05, 0.1) is 27.0 Å². The van der Waals surface area contributed by atoms with Crippen molar-refractivity contribution >= 4 is 29.1 Å². The Kier molecular flexibility index (Phi) is 5.40. The number of amides is 1. The van der Waals surface area contributed by atoms with Gasteiger partial charge >= 0.3 is 0 Å². The molecule has 4 rings (SSSR count). The van der Waals surface area contributed by atoms with Gasteiger partial charge in [0.1, 0.15) is 11.5 Å². The lowest BCUT2D eigenvalue weighted by molar-refractivity contribution is -0.110. The maximum Gasteiger partial charge on any atom is 0.275 e. The SMILES string of the molecule is COc1cc(Cc2cnc(/N=C3\C(=O)Nc4ccccc43)nc2N)cc(OC)c1OC. The molecule has 1 amide bonds. The van der Waals surface area contributed by atoms with Crippen LogP contribution in [0.2, 0.25) is 0 Å². The molecule has 0 saturated heterocycles. The van der Waals surface area contributed by atoms with E-state index in [1.54, 1.807) is 27.5 Å². The van der Waals surface area contributed by atoms with Crippen LogP contribution in [-0.2, 0) is 11.2 Å². The number of aliphatic imine (C=N–C) groups is 1. The summed E-state index contributed by atoms with van der Waals surface area (Å²) in [6.07, 6.45) is 2.05. The van der Waals surface area contributed by atoms with Crippen molar-refractivity contribution in [2.45, 2.75) is 6.42 Å². The maximum atomic E-state index is 12.2. The molecule has 0 aliphatic carbocycles. The normalized spacial score (nSPS) is 13.6. The van der Waals surface area contributed by atoms with Crippen LogP contribution in [0.5, 0.6) is 17.2 Å². The van der Waals surface area contributed by atoms with Crippen LogP contribution in [0, 0.1) is 0 Å². The van der Waals surface area contributed by atoms with Gasteiger partial charge in [-0.05, 0) is 23.8 Å². The summed E-state index contributed by atoms with van der Waals surface area (Å²) in [5, 5.41) is 2.77. The Bertz CT molecular complexity index is 1170. The van der Waals surface area contributed by atoms with Crippen LogP contribution in [0.3, 0.4) is 0 Å². The van der Waals surface area contributed by atoms with E-state index in [0.29, 0.717) is 40.5 Å². The minimum absolute atomic E-state index is 0.119. The molecule has 0 fully saturated rings. The van der Waals surface area contributed by atoms with E-state index in [2.05, 4.69) is 20.3 Å². The molecule has 0 bridgehead atoms. The Morgan fingerprint density at radius 2 is 1.77 bits per heavy atom. The quantitative estimate of drug-likeness (QED) is 0.630. The van der Waals surface area contributed by atoms with Crippen LogP contribution in [0.4, 0.5) is 17.5 Å². The minimum Gasteiger partial charge on any atom is -0.493 e. The van der Waals surface area contributed by atoms with Crippen molar-refractivity contribution < 1.29 is 19.0 Å². The van der Waals surface area contributed by atoms with Gasteiger partial charge in [-0.3, -0.25) is 4.79 Å². The lowest BCUT2D eigenvalue weighted by atomic mass is 10.1. The van der Waals surface area contributed by atoms with Crippen molar-refractivity contribution in [2.75, 3.05) is 32.4 Å². The number of para-hydroxylation sites is 1. The van der Waals surface area contributed by atoms with Crippen molar-refractivity contribution in [2.24, 2.45) is 4.99 Å². The Morgan fingerprint density at radius 3 is 2.42 bits per heavy atom. The minimum atomic E-state index is -0.301. The molecule has 2 aromatic carbocycles. The van der Waals surface area contributed by atoms with E-state index in [1.807, 2.05) is 36.4 Å². The summed E-state index contributed by atoms with van der Waals surface area (Å²) >= 11 is 0. The molecular weight excluding hydrogens is 398 g/mol. The maximum absolute atomic E-state index is 12.2. The summed E-state index contributed by atoms with van der Waals surface area (Å²) in [5.74, 6) is 1.70. The van der Waals surface area contributed by atoms with E-state index in [9.17, 15) is 4.79 Å². The highest BCUT2D eigenvalue weighted by Crippen LogP contribution is 2.39. The monoisotopic (exact) mass is 419 g/mol. The van der Waals surface area contributed by atoms with Gasteiger partial charge in [-0.2, -0.15) is 4.98 Å². The van der Waals surface area contributed by atoms with E-state index in [4.69, 9.17) is 19.9 Å². The molecule has 0 unspecified atom stereocenters. The largest absolute Gasteiger partial charge is 0.493 e. The van der Waals surface area contributed by atoms with Crippen LogP contribution in [0.1, 0.15) is 16.7 Å². The van der Waals surface area contributed by atoms with Crippen molar-refractivity contribution in [3.8, 4) is 17.2 Å². The summed E-state index contributed by atoms with van der Waals surface area (Å²) < 4.78 is 16.1. The standard InChI is InChI=1S/C22H21N5O4/c1-29-16-9-12(10-17(30-2)19(16)31-3)8-13-11-24-22(27-20(13)23)26-18-14-6-4-5-7-15(14)25-21(18)28/h4-7,9-11H,8H2,1-3H3,(H3,23,24,25,26,27,28). The average molecular weight is 419 g/mol. The van der Waals surface area contributed by atoms with Crippen LogP contribution >= 0.6 is 0 Å². The molecule has 0 radical (unpaired) electrons. The van der Waals surface area contributed by atoms with Gasteiger partial charge in [0.15, 0.2) is 11.5 Å². The number of nitrogen functional groups attached to an aromatic ring is 1. The number of rotatable bonds is 6. The number of anilines is 2. The highest BCUT2D eigenvalue weighted by atomic mass is 16.5. The van der Waals surface area contributed by atoms with Gasteiger partial charge in [0.2, 0.25) is 5.75 Å². The van der Waals surface area contributed by atoms with E-state index < -0.39 is 0 Å². The number of fused-ring (bicyclic) bond motifs is 1. The smallest absolute Gasteiger partial charge is 0.275 e. The summed E-state index contributed by atoms with van der Waals surface area (Å²) in [7, 11) is 4.67. The van der Waals surface area contributed by atoms with E-state index in [0.717, 1.165) is 5.56 Å². The lowest BCUT2D eigenvalue weighted by Crippen LogP contribution is -2.14. The molecule has 3 N–H and O–H groups in total. The molecule has 0 atom stereocenters. The summed E-state index contributed by atoms with van der Waals surface area (Å²) in [6, 6.07) is 11.0. The first-order valence-corrected chi connectivity index (χ1v) is 9.43. The average Bonchev–Trinajstić information content (AvgIpc) is 3.09. The molecule has 0 saturated carbocycles. The Balaban J connectivity index is 1.63. The third-order valence-corrected chi connectivity index (χ3v) is 4.86. The number of hydrogen-bond acceptors (Lipinski definition) is 8. The van der Waals surface area contributed by atoms with Crippen LogP contribution < -0.4 is 25.3 Å². The second kappa shape index (κ2) is 8.31. The first kappa shape index (κ1) is 20.1. The fourth-order valence-corrected chi connectivity index (χ4v) is 3.37. The molecule has 2 heterocycles. The third kappa shape index (κ3) is 3.85. The molecule has 9 nitrogen and oxygen atoms in total. The van der Waals surface area contributed by atoms with Crippen molar-refractivity contribution in [3.63, 3.8) is 0 Å². The number of carbonyl (C=O) groups excluding carboxylic acids is 1. The Morgan fingerprint density at radius 1 is 1.06 bits per heavy atom. The zero-order valence-electron chi connectivity index (χ0n) is 17.3. The number of hydrogen-bond donors (Lipinski definition) is 2. The van der Waals surface area contributed by atoms with Crippen LogP contribution in [-0.4, -0.2) is 42.9 Å². The van der Waals surface area contributed by atoms with E-state index >= 15 is 0 Å². The third-order valence-electron chi connectivity index (χ3n) is 4.86. The molecule has 1 aromatic heterocycles. The number of nitrogens with two attached hydrogens (primary N) is 1. The predicted octanol–water partition coefficient (Wildman–Crippen LogP) is 2.75. The molecule has 1 aliphatic heterocycles. The topological polar surface area (TPSA) is 121 Å². The summed E-state index contributed by atoms with van der Waals surface area (Å²) in [5.41, 5.74) is 9.42. The second-order valence-corrected chi connectivity index (χ2v) is 6.75. The lowest BCUT2D eigenvalue weighted by Gasteiger charge is -2.14. The fraction of sp³-hybridized carbons (Fsp3) is 0.182. The number of methoxy groups -OCH3 is 3.